The summed E-state index contributed by atoms with van der Waals surface area (Å²) in [5.41, 5.74) is 4.32. The lowest BCUT2D eigenvalue weighted by atomic mass is 9.74. The van der Waals surface area contributed by atoms with E-state index in [1.807, 2.05) is 5.32 Å². The molecule has 0 radical (unpaired) electrons. The number of nitrogens with one attached hydrogen (secondary N) is 2. The maximum Gasteiger partial charge on any atom is 0.408 e. The predicted molar refractivity (Wildman–Crippen MR) is 71.4 cm³/mol. The fourth-order valence-corrected chi connectivity index (χ4v) is 2.48. The number of amides is 3. The van der Waals surface area contributed by atoms with Crippen LogP contribution >= 0.6 is 0 Å². The van der Waals surface area contributed by atoms with Gasteiger partial charge in [-0.1, -0.05) is 20.3 Å². The third-order valence-corrected chi connectivity index (χ3v) is 4.05. The Hall–Kier alpha value is -1.47. The van der Waals surface area contributed by atoms with Crippen LogP contribution in [0.5, 0.6) is 0 Å². The molecular weight excluding hydrogens is 287 g/mol. The van der Waals surface area contributed by atoms with Crippen LogP contribution in [0.2, 0.25) is 0 Å². The number of carbonyl (C=O) groups excluding carboxylic acids is 2. The molecule has 0 aromatic carbocycles. The first-order valence-corrected chi connectivity index (χ1v) is 7.03. The molecule has 0 heterocycles. The van der Waals surface area contributed by atoms with Crippen molar-refractivity contribution in [2.75, 3.05) is 0 Å². The summed E-state index contributed by atoms with van der Waals surface area (Å²) in [4.78, 5) is 22.8. The number of primary amides is 1. The Morgan fingerprint density at radius 3 is 2.24 bits per heavy atom. The van der Waals surface area contributed by atoms with Gasteiger partial charge in [-0.25, -0.2) is 4.79 Å². The Morgan fingerprint density at radius 1 is 1.33 bits per heavy atom. The maximum absolute atomic E-state index is 12.9. The van der Waals surface area contributed by atoms with Gasteiger partial charge < -0.3 is 16.4 Å². The summed E-state index contributed by atoms with van der Waals surface area (Å²) in [5, 5.41) is 4.47. The number of hydrogen-bond donors (Lipinski definition) is 3. The van der Waals surface area contributed by atoms with Crippen molar-refractivity contribution in [3.8, 4) is 0 Å². The van der Waals surface area contributed by atoms with Crippen molar-refractivity contribution in [2.24, 2.45) is 11.7 Å². The first kappa shape index (κ1) is 17.6. The average Bonchev–Trinajstić information content (AvgIpc) is 2.30. The van der Waals surface area contributed by atoms with Gasteiger partial charge in [0.2, 0.25) is 5.91 Å². The smallest absolute Gasteiger partial charge is 0.370 e. The van der Waals surface area contributed by atoms with Gasteiger partial charge in [0, 0.05) is 6.42 Å². The highest BCUT2D eigenvalue weighted by molar-refractivity contribution is 5.79. The molecule has 0 aliphatic heterocycles. The zero-order valence-corrected chi connectivity index (χ0v) is 12.2. The number of alkyl halides is 3. The Balaban J connectivity index is 2.67. The highest BCUT2D eigenvalue weighted by Crippen LogP contribution is 2.35. The summed E-state index contributed by atoms with van der Waals surface area (Å²) in [6.45, 7) is 3.06. The third-order valence-electron chi connectivity index (χ3n) is 4.05. The van der Waals surface area contributed by atoms with E-state index in [1.165, 1.54) is 6.92 Å². The van der Waals surface area contributed by atoms with Crippen LogP contribution in [0.3, 0.4) is 0 Å². The highest BCUT2D eigenvalue weighted by atomic mass is 19.4. The van der Waals surface area contributed by atoms with E-state index in [2.05, 4.69) is 5.32 Å². The molecule has 1 rings (SSSR count). The maximum atomic E-state index is 12.9. The van der Waals surface area contributed by atoms with Gasteiger partial charge in [0.05, 0.1) is 5.54 Å². The second-order valence-electron chi connectivity index (χ2n) is 5.78. The van der Waals surface area contributed by atoms with Crippen molar-refractivity contribution in [3.05, 3.63) is 0 Å². The van der Waals surface area contributed by atoms with Gasteiger partial charge in [-0.05, 0) is 25.2 Å². The van der Waals surface area contributed by atoms with Crippen LogP contribution in [-0.2, 0) is 4.79 Å². The molecule has 0 saturated heterocycles. The van der Waals surface area contributed by atoms with Crippen molar-refractivity contribution >= 4 is 11.9 Å². The van der Waals surface area contributed by atoms with Gasteiger partial charge in [-0.2, -0.15) is 13.2 Å². The molecule has 2 atom stereocenters. The largest absolute Gasteiger partial charge is 0.408 e. The quantitative estimate of drug-likeness (QED) is 0.701. The summed E-state index contributed by atoms with van der Waals surface area (Å²) in [6, 6.07) is -2.81. The fraction of sp³-hybridized carbons (Fsp3) is 0.846. The van der Waals surface area contributed by atoms with E-state index in [1.54, 1.807) is 6.92 Å². The number of nitrogens with two attached hydrogens (primary N) is 1. The van der Waals surface area contributed by atoms with Crippen molar-refractivity contribution < 1.29 is 22.8 Å². The van der Waals surface area contributed by atoms with E-state index >= 15 is 0 Å². The molecule has 3 amide bonds. The molecule has 0 aromatic heterocycles. The SMILES string of the molecule is CC[C@@H](C)[C@@H](NC(=O)NC1(CC(N)=O)CCC1)C(F)(F)F. The molecule has 122 valence electrons. The highest BCUT2D eigenvalue weighted by Gasteiger charge is 2.45. The summed E-state index contributed by atoms with van der Waals surface area (Å²) >= 11 is 0. The van der Waals surface area contributed by atoms with E-state index < -0.39 is 35.6 Å². The molecule has 1 saturated carbocycles. The van der Waals surface area contributed by atoms with E-state index in [9.17, 15) is 22.8 Å². The van der Waals surface area contributed by atoms with Gasteiger partial charge in [0.15, 0.2) is 0 Å². The van der Waals surface area contributed by atoms with Crippen LogP contribution in [-0.4, -0.2) is 29.7 Å². The van der Waals surface area contributed by atoms with E-state index in [0.29, 0.717) is 12.8 Å². The minimum atomic E-state index is -4.51. The van der Waals surface area contributed by atoms with E-state index in [-0.39, 0.29) is 12.8 Å². The van der Waals surface area contributed by atoms with Crippen LogP contribution in [0.1, 0.15) is 46.0 Å². The van der Waals surface area contributed by atoms with Crippen LogP contribution in [0, 0.1) is 5.92 Å². The fourth-order valence-electron chi connectivity index (χ4n) is 2.48. The summed E-state index contributed by atoms with van der Waals surface area (Å²) in [6.07, 6.45) is -2.38. The molecule has 1 aliphatic rings. The number of rotatable bonds is 6. The number of halogens is 3. The third kappa shape index (κ3) is 4.78. The van der Waals surface area contributed by atoms with Gasteiger partial charge in [-0.3, -0.25) is 4.79 Å². The van der Waals surface area contributed by atoms with Crippen LogP contribution in [0.4, 0.5) is 18.0 Å². The van der Waals surface area contributed by atoms with E-state index in [4.69, 9.17) is 5.73 Å². The van der Waals surface area contributed by atoms with Gasteiger partial charge in [0.1, 0.15) is 6.04 Å². The standard InChI is InChI=1S/C13H22F3N3O2/c1-3-8(2)10(13(14,15)16)18-11(21)19-12(5-4-6-12)7-9(17)20/h8,10H,3-7H2,1-2H3,(H2,17,20)(H2,18,19,21)/t8-,10-/m1/s1. The lowest BCUT2D eigenvalue weighted by molar-refractivity contribution is -0.164. The van der Waals surface area contributed by atoms with Crippen molar-refractivity contribution in [1.29, 1.82) is 0 Å². The lowest BCUT2D eigenvalue weighted by Gasteiger charge is -2.42. The Morgan fingerprint density at radius 2 is 1.90 bits per heavy atom. The molecule has 21 heavy (non-hydrogen) atoms. The topological polar surface area (TPSA) is 84.2 Å². The normalized spacial score (nSPS) is 20.0. The lowest BCUT2D eigenvalue weighted by Crippen LogP contribution is -2.61. The first-order chi connectivity index (χ1) is 9.59. The molecule has 0 spiro atoms. The van der Waals surface area contributed by atoms with Crippen molar-refractivity contribution in [2.45, 2.75) is 63.7 Å². The zero-order valence-electron chi connectivity index (χ0n) is 12.2. The second kappa shape index (κ2) is 6.53. The Bertz CT molecular complexity index is 395. The summed E-state index contributed by atoms with van der Waals surface area (Å²) < 4.78 is 38.8. The first-order valence-electron chi connectivity index (χ1n) is 7.03. The molecular formula is C13H22F3N3O2. The Labute approximate surface area is 121 Å². The molecule has 1 aliphatic carbocycles. The molecule has 0 unspecified atom stereocenters. The average molecular weight is 309 g/mol. The van der Waals surface area contributed by atoms with Crippen molar-refractivity contribution in [1.82, 2.24) is 10.6 Å². The molecule has 0 aromatic rings. The van der Waals surface area contributed by atoms with Crippen LogP contribution < -0.4 is 16.4 Å². The van der Waals surface area contributed by atoms with Gasteiger partial charge in [-0.15, -0.1) is 0 Å². The summed E-state index contributed by atoms with van der Waals surface area (Å²) in [5.74, 6) is -1.31. The van der Waals surface area contributed by atoms with Crippen LogP contribution in [0.15, 0.2) is 0 Å². The number of urea groups is 1. The molecule has 5 nitrogen and oxygen atoms in total. The predicted octanol–water partition coefficient (Wildman–Crippen LogP) is 2.06. The number of carbonyl (C=O) groups is 2. The second-order valence-corrected chi connectivity index (χ2v) is 5.78. The van der Waals surface area contributed by atoms with Crippen molar-refractivity contribution in [3.63, 3.8) is 0 Å². The zero-order chi connectivity index (χ0) is 16.3. The summed E-state index contributed by atoms with van der Waals surface area (Å²) in [7, 11) is 0. The molecule has 8 heteroatoms. The number of hydrogen-bond acceptors (Lipinski definition) is 2. The minimum Gasteiger partial charge on any atom is -0.370 e. The molecule has 1 fully saturated rings. The molecule has 0 bridgehead atoms. The minimum absolute atomic E-state index is 0.0551. The molecule has 4 N–H and O–H groups in total. The van der Waals surface area contributed by atoms with E-state index in [0.717, 1.165) is 6.42 Å². The van der Waals surface area contributed by atoms with Gasteiger partial charge in [0.25, 0.3) is 0 Å². The van der Waals surface area contributed by atoms with Crippen LogP contribution in [0.25, 0.3) is 0 Å². The Kier molecular flexibility index (Phi) is 5.47. The monoisotopic (exact) mass is 309 g/mol. The van der Waals surface area contributed by atoms with Gasteiger partial charge >= 0.3 is 12.2 Å².